The predicted octanol–water partition coefficient (Wildman–Crippen LogP) is -1.30. The third-order valence-corrected chi connectivity index (χ3v) is 3.51. The number of rotatable bonds is 2. The smallest absolute Gasteiger partial charge is 0.326 e. The van der Waals surface area contributed by atoms with E-state index in [4.69, 9.17) is 0 Å². The monoisotopic (exact) mass is 254 g/mol. The van der Waals surface area contributed by atoms with E-state index in [9.17, 15) is 14.4 Å². The van der Waals surface area contributed by atoms with Crippen molar-refractivity contribution >= 4 is 17.8 Å². The first-order valence-corrected chi connectivity index (χ1v) is 6.05. The summed E-state index contributed by atoms with van der Waals surface area (Å²) in [7, 11) is 3.00. The van der Waals surface area contributed by atoms with Crippen LogP contribution in [0.4, 0.5) is 4.79 Å². The van der Waals surface area contributed by atoms with Gasteiger partial charge < -0.3 is 15.1 Å². The van der Waals surface area contributed by atoms with Gasteiger partial charge in [-0.1, -0.05) is 0 Å². The second-order valence-electron chi connectivity index (χ2n) is 4.64. The Kier molecular flexibility index (Phi) is 3.51. The standard InChI is InChI=1S/C11H18N4O3/c1-13-8(10(17)14(2)11(13)18)7-9(16)15-5-3-12-4-6-15/h8,12H,3-7H2,1-2H3/t8-/m0/s1. The highest BCUT2D eigenvalue weighted by Crippen LogP contribution is 2.17. The highest BCUT2D eigenvalue weighted by atomic mass is 16.2. The molecule has 0 bridgehead atoms. The summed E-state index contributed by atoms with van der Waals surface area (Å²) < 4.78 is 0. The zero-order chi connectivity index (χ0) is 13.3. The van der Waals surface area contributed by atoms with Gasteiger partial charge in [0.2, 0.25) is 5.91 Å². The maximum Gasteiger partial charge on any atom is 0.326 e. The number of amides is 4. The van der Waals surface area contributed by atoms with Crippen LogP contribution in [0.1, 0.15) is 6.42 Å². The minimum Gasteiger partial charge on any atom is -0.340 e. The molecule has 2 heterocycles. The summed E-state index contributed by atoms with van der Waals surface area (Å²) in [6.07, 6.45) is 0.0748. The molecule has 0 radical (unpaired) electrons. The van der Waals surface area contributed by atoms with E-state index in [0.29, 0.717) is 13.1 Å². The van der Waals surface area contributed by atoms with Gasteiger partial charge in [-0.05, 0) is 0 Å². The molecule has 18 heavy (non-hydrogen) atoms. The van der Waals surface area contributed by atoms with Crippen LogP contribution in [0.5, 0.6) is 0 Å². The van der Waals surface area contributed by atoms with Gasteiger partial charge in [0, 0.05) is 40.3 Å². The third kappa shape index (κ3) is 2.17. The Balaban J connectivity index is 1.98. The van der Waals surface area contributed by atoms with Crippen molar-refractivity contribution in [2.24, 2.45) is 0 Å². The Labute approximate surface area is 106 Å². The van der Waals surface area contributed by atoms with Crippen molar-refractivity contribution in [2.75, 3.05) is 40.3 Å². The molecule has 0 aromatic rings. The fourth-order valence-corrected chi connectivity index (χ4v) is 2.29. The summed E-state index contributed by atoms with van der Waals surface area (Å²) in [5.74, 6) is -0.365. The first-order valence-electron chi connectivity index (χ1n) is 6.05. The van der Waals surface area contributed by atoms with Crippen molar-refractivity contribution in [3.05, 3.63) is 0 Å². The van der Waals surface area contributed by atoms with Crippen LogP contribution in [-0.2, 0) is 9.59 Å². The number of carbonyl (C=O) groups is 3. The van der Waals surface area contributed by atoms with Crippen molar-refractivity contribution in [3.8, 4) is 0 Å². The lowest BCUT2D eigenvalue weighted by Crippen LogP contribution is -2.48. The quantitative estimate of drug-likeness (QED) is 0.622. The molecule has 7 nitrogen and oxygen atoms in total. The minimum atomic E-state index is -0.648. The Morgan fingerprint density at radius 1 is 1.28 bits per heavy atom. The van der Waals surface area contributed by atoms with E-state index in [1.165, 1.54) is 11.9 Å². The van der Waals surface area contributed by atoms with Crippen LogP contribution in [0, 0.1) is 0 Å². The van der Waals surface area contributed by atoms with Gasteiger partial charge >= 0.3 is 6.03 Å². The molecule has 1 N–H and O–H groups in total. The van der Waals surface area contributed by atoms with E-state index in [-0.39, 0.29) is 24.3 Å². The Morgan fingerprint density at radius 2 is 1.89 bits per heavy atom. The summed E-state index contributed by atoms with van der Waals surface area (Å²) in [6, 6.07) is -0.997. The molecular formula is C11H18N4O3. The topological polar surface area (TPSA) is 73.0 Å². The van der Waals surface area contributed by atoms with E-state index >= 15 is 0 Å². The highest BCUT2D eigenvalue weighted by molar-refractivity contribution is 6.05. The number of hydrogen-bond acceptors (Lipinski definition) is 4. The SMILES string of the molecule is CN1C(=O)[C@H](CC(=O)N2CCNCC2)N(C)C1=O. The van der Waals surface area contributed by atoms with E-state index in [0.717, 1.165) is 18.0 Å². The fraction of sp³-hybridized carbons (Fsp3) is 0.727. The number of nitrogens with zero attached hydrogens (tertiary/aromatic N) is 3. The highest BCUT2D eigenvalue weighted by Gasteiger charge is 2.42. The van der Waals surface area contributed by atoms with Gasteiger partial charge in [-0.15, -0.1) is 0 Å². The maximum absolute atomic E-state index is 12.0. The molecule has 0 unspecified atom stereocenters. The van der Waals surface area contributed by atoms with Crippen LogP contribution in [0.2, 0.25) is 0 Å². The van der Waals surface area contributed by atoms with Crippen LogP contribution >= 0.6 is 0 Å². The fourth-order valence-electron chi connectivity index (χ4n) is 2.29. The van der Waals surface area contributed by atoms with Crippen LogP contribution in [0.15, 0.2) is 0 Å². The number of imide groups is 1. The Hall–Kier alpha value is -1.63. The van der Waals surface area contributed by atoms with Gasteiger partial charge in [-0.25, -0.2) is 4.79 Å². The van der Waals surface area contributed by atoms with Crippen molar-refractivity contribution in [3.63, 3.8) is 0 Å². The molecule has 100 valence electrons. The number of likely N-dealkylation sites (N-methyl/N-ethyl adjacent to an activating group) is 2. The van der Waals surface area contributed by atoms with Gasteiger partial charge in [0.05, 0.1) is 6.42 Å². The molecule has 2 saturated heterocycles. The molecule has 2 aliphatic rings. The molecule has 0 aromatic heterocycles. The van der Waals surface area contributed by atoms with E-state index in [1.54, 1.807) is 11.9 Å². The average molecular weight is 254 g/mol. The molecular weight excluding hydrogens is 236 g/mol. The summed E-state index contributed by atoms with van der Waals surface area (Å²) >= 11 is 0. The zero-order valence-corrected chi connectivity index (χ0v) is 10.7. The van der Waals surface area contributed by atoms with Gasteiger partial charge in [0.25, 0.3) is 5.91 Å². The first kappa shape index (κ1) is 12.8. The number of urea groups is 1. The first-order chi connectivity index (χ1) is 8.52. The van der Waals surface area contributed by atoms with Crippen molar-refractivity contribution in [1.29, 1.82) is 0 Å². The number of nitrogens with one attached hydrogen (secondary N) is 1. The molecule has 7 heteroatoms. The van der Waals surface area contributed by atoms with Crippen LogP contribution in [0.3, 0.4) is 0 Å². The summed E-state index contributed by atoms with van der Waals surface area (Å²) in [4.78, 5) is 39.6. The van der Waals surface area contributed by atoms with Crippen LogP contribution in [-0.4, -0.2) is 78.9 Å². The van der Waals surface area contributed by atoms with Crippen LogP contribution in [0.25, 0.3) is 0 Å². The normalized spacial score (nSPS) is 25.0. The van der Waals surface area contributed by atoms with Crippen molar-refractivity contribution < 1.29 is 14.4 Å². The lowest BCUT2D eigenvalue weighted by molar-refractivity contribution is -0.136. The lowest BCUT2D eigenvalue weighted by atomic mass is 10.1. The molecule has 2 aliphatic heterocycles. The number of hydrogen-bond donors (Lipinski definition) is 1. The number of carbonyl (C=O) groups excluding carboxylic acids is 3. The molecule has 0 spiro atoms. The lowest BCUT2D eigenvalue weighted by Gasteiger charge is -2.28. The van der Waals surface area contributed by atoms with Gasteiger partial charge in [0.15, 0.2) is 0 Å². The average Bonchev–Trinajstić information content (AvgIpc) is 2.57. The Morgan fingerprint density at radius 3 is 2.39 bits per heavy atom. The molecule has 0 aliphatic carbocycles. The van der Waals surface area contributed by atoms with Crippen molar-refractivity contribution in [2.45, 2.75) is 12.5 Å². The molecule has 0 saturated carbocycles. The third-order valence-electron chi connectivity index (χ3n) is 3.51. The molecule has 1 atom stereocenters. The van der Waals surface area contributed by atoms with E-state index in [1.807, 2.05) is 0 Å². The molecule has 0 aromatic carbocycles. The minimum absolute atomic E-state index is 0.0650. The van der Waals surface area contributed by atoms with E-state index in [2.05, 4.69) is 5.32 Å². The van der Waals surface area contributed by atoms with Gasteiger partial charge in [0.1, 0.15) is 6.04 Å². The maximum atomic E-state index is 12.0. The predicted molar refractivity (Wildman–Crippen MR) is 63.8 cm³/mol. The van der Waals surface area contributed by atoms with E-state index < -0.39 is 6.04 Å². The summed E-state index contributed by atoms with van der Waals surface area (Å²) in [6.45, 7) is 2.87. The Bertz CT molecular complexity index is 378. The zero-order valence-electron chi connectivity index (χ0n) is 10.7. The second kappa shape index (κ2) is 4.93. The largest absolute Gasteiger partial charge is 0.340 e. The molecule has 4 amide bonds. The van der Waals surface area contributed by atoms with Crippen LogP contribution < -0.4 is 5.32 Å². The van der Waals surface area contributed by atoms with Gasteiger partial charge in [-0.3, -0.25) is 14.5 Å². The second-order valence-corrected chi connectivity index (χ2v) is 4.64. The van der Waals surface area contributed by atoms with Gasteiger partial charge in [-0.2, -0.15) is 0 Å². The molecule has 2 fully saturated rings. The number of piperazine rings is 1. The van der Waals surface area contributed by atoms with Crippen molar-refractivity contribution in [1.82, 2.24) is 20.0 Å². The summed E-state index contributed by atoms with van der Waals surface area (Å²) in [5.41, 5.74) is 0. The summed E-state index contributed by atoms with van der Waals surface area (Å²) in [5, 5.41) is 3.16. The molecule has 2 rings (SSSR count).